The van der Waals surface area contributed by atoms with E-state index in [-0.39, 0.29) is 11.7 Å². The van der Waals surface area contributed by atoms with Crippen LogP contribution in [0.3, 0.4) is 0 Å². The van der Waals surface area contributed by atoms with Crippen LogP contribution < -0.4 is 0 Å². The van der Waals surface area contributed by atoms with Gasteiger partial charge in [0.25, 0.3) is 0 Å². The standard InChI is InChI=1S/C20H16O4/c21-15-9-5-13(6-10-15)20(14-7-11-16(22)12-8-14)18-4-2-1-3-17(18)19(23)24-20/h1-11,16,21-22H,12H2. The Morgan fingerprint density at radius 1 is 1.08 bits per heavy atom. The largest absolute Gasteiger partial charge is 0.508 e. The fourth-order valence-electron chi connectivity index (χ4n) is 3.38. The highest BCUT2D eigenvalue weighted by molar-refractivity contribution is 5.96. The van der Waals surface area contributed by atoms with Crippen LogP contribution in [0.2, 0.25) is 0 Å². The Morgan fingerprint density at radius 3 is 2.54 bits per heavy atom. The number of aliphatic hydroxyl groups is 1. The molecule has 0 spiro atoms. The summed E-state index contributed by atoms with van der Waals surface area (Å²) in [5.41, 5.74) is 1.81. The highest BCUT2D eigenvalue weighted by atomic mass is 16.6. The molecule has 4 nitrogen and oxygen atoms in total. The topological polar surface area (TPSA) is 66.8 Å². The Bertz CT molecular complexity index is 863. The predicted octanol–water partition coefficient (Wildman–Crippen LogP) is 3.05. The van der Waals surface area contributed by atoms with E-state index >= 15 is 0 Å². The summed E-state index contributed by atoms with van der Waals surface area (Å²) < 4.78 is 5.90. The molecule has 0 aromatic heterocycles. The zero-order valence-corrected chi connectivity index (χ0v) is 12.8. The van der Waals surface area contributed by atoms with Crippen LogP contribution in [-0.4, -0.2) is 22.3 Å². The molecule has 1 aliphatic heterocycles. The van der Waals surface area contributed by atoms with E-state index in [1.807, 2.05) is 24.3 Å². The summed E-state index contributed by atoms with van der Waals surface area (Å²) in [7, 11) is 0. The summed E-state index contributed by atoms with van der Waals surface area (Å²) >= 11 is 0. The molecular weight excluding hydrogens is 304 g/mol. The van der Waals surface area contributed by atoms with Crippen molar-refractivity contribution < 1.29 is 19.7 Å². The van der Waals surface area contributed by atoms with Crippen molar-refractivity contribution >= 4 is 5.97 Å². The summed E-state index contributed by atoms with van der Waals surface area (Å²) in [5, 5.41) is 19.3. The molecule has 0 bridgehead atoms. The molecule has 24 heavy (non-hydrogen) atoms. The molecule has 0 amide bonds. The number of esters is 1. The number of rotatable bonds is 2. The van der Waals surface area contributed by atoms with Gasteiger partial charge in [-0.1, -0.05) is 48.6 Å². The molecule has 1 heterocycles. The SMILES string of the molecule is O=C1OC(C2=CCC(O)C=C2)(c2ccc(O)cc2)c2ccccc21. The highest BCUT2D eigenvalue weighted by Gasteiger charge is 2.49. The zero-order valence-electron chi connectivity index (χ0n) is 12.8. The van der Waals surface area contributed by atoms with E-state index in [0.29, 0.717) is 12.0 Å². The smallest absolute Gasteiger partial charge is 0.340 e. The summed E-state index contributed by atoms with van der Waals surface area (Å²) in [6.45, 7) is 0. The molecule has 4 rings (SSSR count). The van der Waals surface area contributed by atoms with E-state index in [0.717, 1.165) is 16.7 Å². The normalized spacial score (nSPS) is 25.1. The number of phenolic OH excluding ortho intramolecular Hbond substituents is 1. The number of carbonyl (C=O) groups is 1. The average Bonchev–Trinajstić information content (AvgIpc) is 2.91. The molecular formula is C20H16O4. The lowest BCUT2D eigenvalue weighted by atomic mass is 9.77. The van der Waals surface area contributed by atoms with Gasteiger partial charge in [-0.3, -0.25) is 0 Å². The fraction of sp³-hybridized carbons (Fsp3) is 0.150. The number of cyclic esters (lactones) is 1. The molecule has 0 fully saturated rings. The molecule has 2 aliphatic rings. The Balaban J connectivity index is 1.97. The number of phenols is 1. The van der Waals surface area contributed by atoms with E-state index in [9.17, 15) is 15.0 Å². The van der Waals surface area contributed by atoms with Gasteiger partial charge in [-0.15, -0.1) is 0 Å². The maximum atomic E-state index is 12.5. The van der Waals surface area contributed by atoms with Gasteiger partial charge < -0.3 is 14.9 Å². The van der Waals surface area contributed by atoms with Crippen molar-refractivity contribution in [3.05, 3.63) is 89.0 Å². The lowest BCUT2D eigenvalue weighted by Crippen LogP contribution is -2.31. The van der Waals surface area contributed by atoms with E-state index in [4.69, 9.17) is 4.74 Å². The number of fused-ring (bicyclic) bond motifs is 1. The van der Waals surface area contributed by atoms with Gasteiger partial charge in [-0.25, -0.2) is 4.79 Å². The molecule has 2 aromatic rings. The molecule has 2 N–H and O–H groups in total. The number of ether oxygens (including phenoxy) is 1. The van der Waals surface area contributed by atoms with Gasteiger partial charge in [0.1, 0.15) is 5.75 Å². The van der Waals surface area contributed by atoms with Crippen LogP contribution >= 0.6 is 0 Å². The minimum absolute atomic E-state index is 0.148. The van der Waals surface area contributed by atoms with Crippen LogP contribution in [0.15, 0.2) is 72.3 Å². The molecule has 2 unspecified atom stereocenters. The molecule has 0 saturated heterocycles. The number of aromatic hydroxyl groups is 1. The van der Waals surface area contributed by atoms with Crippen molar-refractivity contribution in [2.75, 3.05) is 0 Å². The van der Waals surface area contributed by atoms with Crippen LogP contribution in [0.4, 0.5) is 0 Å². The van der Waals surface area contributed by atoms with Crippen molar-refractivity contribution in [2.45, 2.75) is 18.1 Å². The monoisotopic (exact) mass is 320 g/mol. The second-order valence-corrected chi connectivity index (χ2v) is 5.98. The van der Waals surface area contributed by atoms with E-state index < -0.39 is 11.7 Å². The van der Waals surface area contributed by atoms with E-state index in [2.05, 4.69) is 0 Å². The van der Waals surface area contributed by atoms with Crippen molar-refractivity contribution in [2.24, 2.45) is 0 Å². The van der Waals surface area contributed by atoms with Crippen LogP contribution in [0.25, 0.3) is 0 Å². The fourth-order valence-corrected chi connectivity index (χ4v) is 3.38. The predicted molar refractivity (Wildman–Crippen MR) is 88.6 cm³/mol. The maximum Gasteiger partial charge on any atom is 0.340 e. The average molecular weight is 320 g/mol. The lowest BCUT2D eigenvalue weighted by molar-refractivity contribution is 0.0246. The van der Waals surface area contributed by atoms with Gasteiger partial charge in [-0.05, 0) is 24.6 Å². The summed E-state index contributed by atoms with van der Waals surface area (Å²) in [6.07, 6.45) is 5.33. The summed E-state index contributed by atoms with van der Waals surface area (Å²) in [4.78, 5) is 12.5. The van der Waals surface area contributed by atoms with Gasteiger partial charge in [0.15, 0.2) is 5.60 Å². The van der Waals surface area contributed by atoms with Crippen molar-refractivity contribution in [1.29, 1.82) is 0 Å². The number of aliphatic hydroxyl groups excluding tert-OH is 1. The first-order valence-corrected chi connectivity index (χ1v) is 7.80. The van der Waals surface area contributed by atoms with E-state index in [1.165, 1.54) is 0 Å². The highest BCUT2D eigenvalue weighted by Crippen LogP contribution is 2.48. The van der Waals surface area contributed by atoms with Crippen LogP contribution in [0.5, 0.6) is 5.75 Å². The van der Waals surface area contributed by atoms with Crippen molar-refractivity contribution in [3.63, 3.8) is 0 Å². The molecule has 1 aliphatic carbocycles. The van der Waals surface area contributed by atoms with Crippen LogP contribution in [0, 0.1) is 0 Å². The number of benzene rings is 2. The third-order valence-electron chi connectivity index (χ3n) is 4.53. The van der Waals surface area contributed by atoms with Gasteiger partial charge in [-0.2, -0.15) is 0 Å². The molecule has 120 valence electrons. The quantitative estimate of drug-likeness (QED) is 0.835. The van der Waals surface area contributed by atoms with Crippen LogP contribution in [0.1, 0.15) is 27.9 Å². The van der Waals surface area contributed by atoms with Crippen molar-refractivity contribution in [3.8, 4) is 5.75 Å². The third-order valence-corrected chi connectivity index (χ3v) is 4.53. The second kappa shape index (κ2) is 5.35. The first-order chi connectivity index (χ1) is 11.6. The molecule has 2 atom stereocenters. The van der Waals surface area contributed by atoms with Gasteiger partial charge in [0, 0.05) is 16.7 Å². The number of carbonyl (C=O) groups excluding carboxylic acids is 1. The lowest BCUT2D eigenvalue weighted by Gasteiger charge is -2.32. The minimum atomic E-state index is -1.06. The maximum absolute atomic E-state index is 12.5. The Labute approximate surface area is 139 Å². The summed E-state index contributed by atoms with van der Waals surface area (Å²) in [6, 6.07) is 14.0. The van der Waals surface area contributed by atoms with Gasteiger partial charge in [0.2, 0.25) is 0 Å². The zero-order chi connectivity index (χ0) is 16.7. The van der Waals surface area contributed by atoms with E-state index in [1.54, 1.807) is 42.5 Å². The van der Waals surface area contributed by atoms with Crippen LogP contribution in [-0.2, 0) is 10.3 Å². The number of hydrogen-bond donors (Lipinski definition) is 2. The molecule has 0 radical (unpaired) electrons. The Hall–Kier alpha value is -2.85. The minimum Gasteiger partial charge on any atom is -0.508 e. The Kier molecular flexibility index (Phi) is 3.28. The van der Waals surface area contributed by atoms with Gasteiger partial charge >= 0.3 is 5.97 Å². The molecule has 2 aromatic carbocycles. The van der Waals surface area contributed by atoms with Gasteiger partial charge in [0.05, 0.1) is 11.7 Å². The van der Waals surface area contributed by atoms with Crippen molar-refractivity contribution in [1.82, 2.24) is 0 Å². The number of hydrogen-bond acceptors (Lipinski definition) is 4. The summed E-state index contributed by atoms with van der Waals surface area (Å²) in [5.74, 6) is -0.228. The molecule has 0 saturated carbocycles. The first kappa shape index (κ1) is 14.7. The first-order valence-electron chi connectivity index (χ1n) is 7.80. The second-order valence-electron chi connectivity index (χ2n) is 5.98. The Morgan fingerprint density at radius 2 is 1.83 bits per heavy atom. The third kappa shape index (κ3) is 2.07. The molecule has 4 heteroatoms.